The fraction of sp³-hybridized carbons (Fsp3) is 0.417. The normalized spacial score (nSPS) is 12.8. The van der Waals surface area contributed by atoms with E-state index >= 15 is 0 Å². The van der Waals surface area contributed by atoms with Gasteiger partial charge in [0.1, 0.15) is 5.82 Å². The van der Waals surface area contributed by atoms with Crippen LogP contribution in [-0.2, 0) is 0 Å². The molecule has 0 N–H and O–H groups in total. The minimum atomic E-state index is -0.164. The topological polar surface area (TPSA) is 0 Å². The van der Waals surface area contributed by atoms with Crippen LogP contribution in [0.5, 0.6) is 0 Å². The SMILES string of the molecule is [CH2]C(CCCC)c1cccc(F)c1. The Morgan fingerprint density at radius 1 is 1.46 bits per heavy atom. The van der Waals surface area contributed by atoms with Crippen LogP contribution >= 0.6 is 0 Å². The summed E-state index contributed by atoms with van der Waals surface area (Å²) in [6, 6.07) is 6.73. The van der Waals surface area contributed by atoms with E-state index < -0.39 is 0 Å². The van der Waals surface area contributed by atoms with Crippen molar-refractivity contribution in [3.05, 3.63) is 42.6 Å². The van der Waals surface area contributed by atoms with Crippen molar-refractivity contribution < 1.29 is 4.39 Å². The van der Waals surface area contributed by atoms with Gasteiger partial charge in [-0.3, -0.25) is 0 Å². The van der Waals surface area contributed by atoms with Crippen LogP contribution in [0.15, 0.2) is 24.3 Å². The molecule has 1 radical (unpaired) electrons. The van der Waals surface area contributed by atoms with E-state index in [2.05, 4.69) is 13.8 Å². The molecule has 0 fully saturated rings. The summed E-state index contributed by atoms with van der Waals surface area (Å²) in [6.45, 7) is 6.17. The standard InChI is InChI=1S/C12H16F/c1-3-4-6-10(2)11-7-5-8-12(13)9-11/h5,7-10H,2-4,6H2,1H3. The second kappa shape index (κ2) is 5.00. The first-order chi connectivity index (χ1) is 6.24. The summed E-state index contributed by atoms with van der Waals surface area (Å²) in [5, 5.41) is 0. The molecule has 0 aromatic heterocycles. The molecule has 13 heavy (non-hydrogen) atoms. The number of benzene rings is 1. The highest BCUT2D eigenvalue weighted by Gasteiger charge is 2.04. The molecule has 1 atom stereocenters. The van der Waals surface area contributed by atoms with Crippen molar-refractivity contribution in [3.8, 4) is 0 Å². The Hall–Kier alpha value is -0.850. The third-order valence-corrected chi connectivity index (χ3v) is 2.23. The third-order valence-electron chi connectivity index (χ3n) is 2.23. The average molecular weight is 179 g/mol. The van der Waals surface area contributed by atoms with Crippen LogP contribution in [0.4, 0.5) is 4.39 Å². The summed E-state index contributed by atoms with van der Waals surface area (Å²) in [4.78, 5) is 0. The van der Waals surface area contributed by atoms with E-state index in [1.54, 1.807) is 12.1 Å². The summed E-state index contributed by atoms with van der Waals surface area (Å²) < 4.78 is 12.8. The van der Waals surface area contributed by atoms with Crippen LogP contribution in [0.3, 0.4) is 0 Å². The zero-order chi connectivity index (χ0) is 9.68. The van der Waals surface area contributed by atoms with Crippen LogP contribution in [-0.4, -0.2) is 0 Å². The van der Waals surface area contributed by atoms with Gasteiger partial charge in [-0.1, -0.05) is 31.9 Å². The largest absolute Gasteiger partial charge is 0.207 e. The minimum Gasteiger partial charge on any atom is -0.207 e. The van der Waals surface area contributed by atoms with Crippen molar-refractivity contribution in [2.75, 3.05) is 0 Å². The Morgan fingerprint density at radius 2 is 2.23 bits per heavy atom. The molecule has 1 aromatic carbocycles. The van der Waals surface area contributed by atoms with Gasteiger partial charge in [-0.05, 0) is 37.0 Å². The number of rotatable bonds is 4. The van der Waals surface area contributed by atoms with Gasteiger partial charge in [0.2, 0.25) is 0 Å². The van der Waals surface area contributed by atoms with E-state index in [1.165, 1.54) is 12.5 Å². The highest BCUT2D eigenvalue weighted by atomic mass is 19.1. The fourth-order valence-electron chi connectivity index (χ4n) is 1.38. The van der Waals surface area contributed by atoms with Crippen molar-refractivity contribution in [1.29, 1.82) is 0 Å². The maximum absolute atomic E-state index is 12.8. The molecule has 0 aliphatic heterocycles. The molecule has 0 spiro atoms. The number of hydrogen-bond acceptors (Lipinski definition) is 0. The van der Waals surface area contributed by atoms with Gasteiger partial charge in [0.15, 0.2) is 0 Å². The highest BCUT2D eigenvalue weighted by molar-refractivity contribution is 5.21. The van der Waals surface area contributed by atoms with Gasteiger partial charge in [-0.15, -0.1) is 0 Å². The van der Waals surface area contributed by atoms with Gasteiger partial charge in [-0.2, -0.15) is 0 Å². The van der Waals surface area contributed by atoms with Crippen molar-refractivity contribution in [2.24, 2.45) is 0 Å². The Bertz CT molecular complexity index is 255. The lowest BCUT2D eigenvalue weighted by Crippen LogP contribution is -1.94. The predicted molar refractivity (Wildman–Crippen MR) is 54.0 cm³/mol. The quantitative estimate of drug-likeness (QED) is 0.656. The van der Waals surface area contributed by atoms with Crippen molar-refractivity contribution >= 4 is 0 Å². The number of unbranched alkanes of at least 4 members (excludes halogenated alkanes) is 1. The lowest BCUT2D eigenvalue weighted by molar-refractivity contribution is 0.616. The summed E-state index contributed by atoms with van der Waals surface area (Å²) in [5.41, 5.74) is 1.01. The molecule has 0 heterocycles. The van der Waals surface area contributed by atoms with Crippen molar-refractivity contribution in [3.63, 3.8) is 0 Å². The van der Waals surface area contributed by atoms with E-state index in [9.17, 15) is 4.39 Å². The maximum atomic E-state index is 12.8. The van der Waals surface area contributed by atoms with Crippen LogP contribution in [0, 0.1) is 12.7 Å². The Labute approximate surface area is 79.8 Å². The minimum absolute atomic E-state index is 0.164. The molecule has 0 saturated carbocycles. The van der Waals surface area contributed by atoms with E-state index in [0.717, 1.165) is 18.4 Å². The van der Waals surface area contributed by atoms with E-state index in [0.29, 0.717) is 0 Å². The van der Waals surface area contributed by atoms with Gasteiger partial charge >= 0.3 is 0 Å². The average Bonchev–Trinajstić information content (AvgIpc) is 2.14. The monoisotopic (exact) mass is 179 g/mol. The van der Waals surface area contributed by atoms with Crippen LogP contribution < -0.4 is 0 Å². The molecule has 0 aliphatic carbocycles. The molecule has 1 aromatic rings. The van der Waals surface area contributed by atoms with Gasteiger partial charge in [-0.25, -0.2) is 4.39 Å². The number of halogens is 1. The summed E-state index contributed by atoms with van der Waals surface area (Å²) in [5.74, 6) is 0.0679. The van der Waals surface area contributed by atoms with E-state index in [4.69, 9.17) is 0 Å². The molecular weight excluding hydrogens is 163 g/mol. The molecule has 1 heteroatoms. The third kappa shape index (κ3) is 3.17. The fourth-order valence-corrected chi connectivity index (χ4v) is 1.38. The summed E-state index contributed by atoms with van der Waals surface area (Å²) >= 11 is 0. The van der Waals surface area contributed by atoms with E-state index in [-0.39, 0.29) is 11.7 Å². The van der Waals surface area contributed by atoms with Gasteiger partial charge in [0, 0.05) is 0 Å². The first-order valence-electron chi connectivity index (χ1n) is 4.82. The molecule has 1 rings (SSSR count). The van der Waals surface area contributed by atoms with Crippen LogP contribution in [0.2, 0.25) is 0 Å². The van der Waals surface area contributed by atoms with Crippen LogP contribution in [0.25, 0.3) is 0 Å². The molecule has 0 amide bonds. The zero-order valence-corrected chi connectivity index (χ0v) is 8.09. The maximum Gasteiger partial charge on any atom is 0.123 e. The van der Waals surface area contributed by atoms with Gasteiger partial charge in [0.05, 0.1) is 0 Å². The first-order valence-corrected chi connectivity index (χ1v) is 4.82. The molecule has 0 nitrogen and oxygen atoms in total. The Balaban J connectivity index is 2.60. The molecule has 71 valence electrons. The Morgan fingerprint density at radius 3 is 2.85 bits per heavy atom. The second-order valence-electron chi connectivity index (χ2n) is 3.39. The first kappa shape index (κ1) is 10.2. The van der Waals surface area contributed by atoms with Crippen molar-refractivity contribution in [2.45, 2.75) is 32.1 Å². The van der Waals surface area contributed by atoms with Crippen LogP contribution in [0.1, 0.15) is 37.7 Å². The smallest absolute Gasteiger partial charge is 0.123 e. The molecule has 0 bridgehead atoms. The molecular formula is C12H16F. The highest BCUT2D eigenvalue weighted by Crippen LogP contribution is 2.21. The lowest BCUT2D eigenvalue weighted by Gasteiger charge is -2.10. The second-order valence-corrected chi connectivity index (χ2v) is 3.39. The zero-order valence-electron chi connectivity index (χ0n) is 8.09. The van der Waals surface area contributed by atoms with Crippen molar-refractivity contribution in [1.82, 2.24) is 0 Å². The molecule has 1 unspecified atom stereocenters. The predicted octanol–water partition coefficient (Wildman–Crippen LogP) is 3.93. The molecule has 0 saturated heterocycles. The summed E-state index contributed by atoms with van der Waals surface area (Å²) in [6.07, 6.45) is 3.37. The van der Waals surface area contributed by atoms with E-state index in [1.807, 2.05) is 6.07 Å². The van der Waals surface area contributed by atoms with Gasteiger partial charge in [0.25, 0.3) is 0 Å². The molecule has 0 aliphatic rings. The lowest BCUT2D eigenvalue weighted by atomic mass is 9.96. The number of hydrogen-bond donors (Lipinski definition) is 0. The van der Waals surface area contributed by atoms with Gasteiger partial charge < -0.3 is 0 Å². The summed E-state index contributed by atoms with van der Waals surface area (Å²) in [7, 11) is 0. The Kier molecular flexibility index (Phi) is 3.94.